The van der Waals surface area contributed by atoms with Gasteiger partial charge in [-0.2, -0.15) is 0 Å². The van der Waals surface area contributed by atoms with Crippen molar-refractivity contribution in [2.75, 3.05) is 19.7 Å². The summed E-state index contributed by atoms with van der Waals surface area (Å²) in [7, 11) is 2.91. The number of ether oxygens (including phenoxy) is 2. The van der Waals surface area contributed by atoms with E-state index in [1.807, 2.05) is 0 Å². The summed E-state index contributed by atoms with van der Waals surface area (Å²) < 4.78 is 10.3. The van der Waals surface area contributed by atoms with Gasteiger partial charge in [-0.05, 0) is 42.5 Å². The third kappa shape index (κ3) is 6.13. The van der Waals surface area contributed by atoms with Gasteiger partial charge in [-0.3, -0.25) is 25.0 Å². The molecule has 0 aromatic heterocycles. The predicted octanol–water partition coefficient (Wildman–Crippen LogP) is 4.63. The van der Waals surface area contributed by atoms with Gasteiger partial charge in [0.1, 0.15) is 0 Å². The van der Waals surface area contributed by atoms with Gasteiger partial charge in [-0.25, -0.2) is 10.3 Å². The Morgan fingerprint density at radius 3 is 1.97 bits per heavy atom. The molecule has 1 amide bonds. The van der Waals surface area contributed by atoms with Crippen LogP contribution in [0.25, 0.3) is 0 Å². The van der Waals surface area contributed by atoms with Crippen LogP contribution < -0.4 is 15.0 Å². The lowest BCUT2D eigenvalue weighted by Gasteiger charge is -2.07. The molecule has 14 nitrogen and oxygen atoms in total. The van der Waals surface area contributed by atoms with Crippen molar-refractivity contribution in [1.82, 2.24) is 0 Å². The van der Waals surface area contributed by atoms with Gasteiger partial charge >= 0.3 is 5.97 Å². The molecule has 0 heterocycles. The zero-order valence-corrected chi connectivity index (χ0v) is 18.7. The molecule has 0 aliphatic carbocycles. The molecule has 0 bridgehead atoms. The number of benzene rings is 3. The molecule has 0 aliphatic rings. The monoisotopic (exact) mass is 495 g/mol. The Morgan fingerprint density at radius 1 is 0.806 bits per heavy atom. The Morgan fingerprint density at radius 2 is 1.42 bits per heavy atom. The van der Waals surface area contributed by atoms with Crippen molar-refractivity contribution in [3.63, 3.8) is 0 Å². The zero-order chi connectivity index (χ0) is 26.2. The number of nitrogens with one attached hydrogen (secondary N) is 1. The van der Waals surface area contributed by atoms with Gasteiger partial charge in [0.15, 0.2) is 11.5 Å². The maximum atomic E-state index is 12.3. The summed E-state index contributed by atoms with van der Waals surface area (Å²) >= 11 is 0. The van der Waals surface area contributed by atoms with E-state index >= 15 is 0 Å². The molecule has 3 aromatic carbocycles. The Bertz CT molecular complexity index is 1320. The fourth-order valence-electron chi connectivity index (χ4n) is 2.81. The number of hydrogen-bond donors (Lipinski definition) is 1. The number of hydrogen-bond acceptors (Lipinski definition) is 11. The highest BCUT2D eigenvalue weighted by Crippen LogP contribution is 2.28. The van der Waals surface area contributed by atoms with E-state index in [9.17, 15) is 29.8 Å². The molecule has 0 aliphatic heterocycles. The quantitative estimate of drug-likeness (QED) is 0.249. The summed E-state index contributed by atoms with van der Waals surface area (Å²) in [5.74, 6) is -0.870. The number of nitro benzene ring substituents is 2. The first-order valence-corrected chi connectivity index (χ1v) is 9.91. The standard InChI is InChI=1S/C22H17N5O9/c1-34-19-8-3-13(11-20(19)35-2)21(28)24-23-15-4-6-16(7-5-15)25-36-22(29)14-9-17(26(30)31)12-18(10-14)27(32)33/h3-12,25H,1-2H3. The van der Waals surface area contributed by atoms with E-state index in [-0.39, 0.29) is 16.8 Å². The highest BCUT2D eigenvalue weighted by Gasteiger charge is 2.21. The van der Waals surface area contributed by atoms with Crippen molar-refractivity contribution >= 4 is 34.6 Å². The lowest BCUT2D eigenvalue weighted by Crippen LogP contribution is -2.11. The third-order valence-corrected chi connectivity index (χ3v) is 4.58. The summed E-state index contributed by atoms with van der Waals surface area (Å²) in [6.07, 6.45) is 0. The highest BCUT2D eigenvalue weighted by atomic mass is 16.7. The number of rotatable bonds is 9. The average molecular weight is 495 g/mol. The molecule has 184 valence electrons. The van der Waals surface area contributed by atoms with Crippen molar-refractivity contribution in [2.24, 2.45) is 10.2 Å². The summed E-state index contributed by atoms with van der Waals surface area (Å²) in [4.78, 5) is 49.6. The molecule has 0 spiro atoms. The van der Waals surface area contributed by atoms with Crippen LogP contribution in [0, 0.1) is 20.2 Å². The van der Waals surface area contributed by atoms with Crippen LogP contribution >= 0.6 is 0 Å². The summed E-state index contributed by atoms with van der Waals surface area (Å²) in [6.45, 7) is 0. The van der Waals surface area contributed by atoms with Crippen LogP contribution in [0.5, 0.6) is 11.5 Å². The topological polar surface area (TPSA) is 185 Å². The summed E-state index contributed by atoms with van der Waals surface area (Å²) in [6, 6.07) is 12.8. The molecule has 0 saturated heterocycles. The number of carbonyl (C=O) groups is 2. The lowest BCUT2D eigenvalue weighted by atomic mass is 10.2. The van der Waals surface area contributed by atoms with Crippen LogP contribution in [0.2, 0.25) is 0 Å². The Labute approximate surface area is 202 Å². The number of nitrogens with zero attached hydrogens (tertiary/aromatic N) is 4. The van der Waals surface area contributed by atoms with Crippen LogP contribution in [-0.4, -0.2) is 35.9 Å². The summed E-state index contributed by atoms with van der Waals surface area (Å²) in [5.41, 5.74) is 1.52. The van der Waals surface area contributed by atoms with Crippen LogP contribution in [-0.2, 0) is 4.84 Å². The van der Waals surface area contributed by atoms with Crippen molar-refractivity contribution < 1.29 is 33.7 Å². The number of carbonyl (C=O) groups excluding carboxylic acids is 2. The molecule has 36 heavy (non-hydrogen) atoms. The van der Waals surface area contributed by atoms with Gasteiger partial charge in [0.2, 0.25) is 0 Å². The largest absolute Gasteiger partial charge is 0.493 e. The van der Waals surface area contributed by atoms with Gasteiger partial charge in [0.05, 0.1) is 47.1 Å². The number of non-ortho nitro benzene ring substituents is 2. The lowest BCUT2D eigenvalue weighted by molar-refractivity contribution is -0.394. The van der Waals surface area contributed by atoms with Gasteiger partial charge in [0.25, 0.3) is 17.3 Å². The molecule has 0 atom stereocenters. The zero-order valence-electron chi connectivity index (χ0n) is 18.7. The maximum absolute atomic E-state index is 12.3. The van der Waals surface area contributed by atoms with E-state index in [1.165, 1.54) is 50.6 Å². The molecule has 0 unspecified atom stereocenters. The van der Waals surface area contributed by atoms with E-state index in [1.54, 1.807) is 6.07 Å². The van der Waals surface area contributed by atoms with Gasteiger partial charge in [0, 0.05) is 17.7 Å². The second-order valence-electron chi connectivity index (χ2n) is 6.87. The van der Waals surface area contributed by atoms with Crippen molar-refractivity contribution in [3.05, 3.63) is 92.0 Å². The second-order valence-corrected chi connectivity index (χ2v) is 6.87. The van der Waals surface area contributed by atoms with Crippen molar-refractivity contribution in [2.45, 2.75) is 0 Å². The minimum atomic E-state index is -1.08. The first-order valence-electron chi connectivity index (χ1n) is 9.91. The minimum absolute atomic E-state index is 0.239. The molecule has 0 radical (unpaired) electrons. The molecule has 3 aromatic rings. The van der Waals surface area contributed by atoms with E-state index in [2.05, 4.69) is 15.7 Å². The third-order valence-electron chi connectivity index (χ3n) is 4.58. The van der Waals surface area contributed by atoms with Crippen molar-refractivity contribution in [3.8, 4) is 11.5 Å². The van der Waals surface area contributed by atoms with Gasteiger partial charge in [-0.15, -0.1) is 10.2 Å². The number of anilines is 1. The number of azo groups is 1. The molecular formula is C22H17N5O9. The van der Waals surface area contributed by atoms with Gasteiger partial charge < -0.3 is 14.3 Å². The smallest absolute Gasteiger partial charge is 0.363 e. The fourth-order valence-corrected chi connectivity index (χ4v) is 2.81. The Balaban J connectivity index is 1.64. The van der Waals surface area contributed by atoms with E-state index in [4.69, 9.17) is 14.3 Å². The van der Waals surface area contributed by atoms with Crippen LogP contribution in [0.3, 0.4) is 0 Å². The number of amides is 1. The second kappa shape index (κ2) is 11.1. The first kappa shape index (κ1) is 25.2. The molecule has 1 N–H and O–H groups in total. The van der Waals surface area contributed by atoms with Crippen LogP contribution in [0.4, 0.5) is 22.7 Å². The normalized spacial score (nSPS) is 10.5. The van der Waals surface area contributed by atoms with E-state index in [0.29, 0.717) is 17.2 Å². The number of nitro groups is 2. The molecule has 0 saturated carbocycles. The molecular weight excluding hydrogens is 478 g/mol. The van der Waals surface area contributed by atoms with Gasteiger partial charge in [-0.1, -0.05) is 0 Å². The van der Waals surface area contributed by atoms with Crippen LogP contribution in [0.15, 0.2) is 70.9 Å². The first-order chi connectivity index (χ1) is 17.2. The Hall–Kier alpha value is -5.40. The van der Waals surface area contributed by atoms with E-state index < -0.39 is 33.1 Å². The van der Waals surface area contributed by atoms with Crippen LogP contribution in [0.1, 0.15) is 20.7 Å². The highest BCUT2D eigenvalue weighted by molar-refractivity contribution is 5.95. The molecule has 0 fully saturated rings. The molecule has 3 rings (SSSR count). The predicted molar refractivity (Wildman–Crippen MR) is 124 cm³/mol. The SMILES string of the molecule is COc1ccc(C(=O)N=Nc2ccc(NOC(=O)c3cc([N+](=O)[O-])cc([N+](=O)[O-])c3)cc2)cc1OC. The average Bonchev–Trinajstić information content (AvgIpc) is 2.90. The summed E-state index contributed by atoms with van der Waals surface area (Å²) in [5, 5.41) is 29.4. The van der Waals surface area contributed by atoms with Crippen molar-refractivity contribution in [1.29, 1.82) is 0 Å². The Kier molecular flexibility index (Phi) is 7.81. The van der Waals surface area contributed by atoms with E-state index in [0.717, 1.165) is 18.2 Å². The molecule has 14 heteroatoms. The number of methoxy groups -OCH3 is 2. The maximum Gasteiger partial charge on any atom is 0.363 e. The minimum Gasteiger partial charge on any atom is -0.493 e. The fraction of sp³-hybridized carbons (Fsp3) is 0.0909.